The molecule has 1 aliphatic heterocycles. The number of rotatable bonds is 11. The minimum Gasteiger partial charge on any atom is -0.384 e. The van der Waals surface area contributed by atoms with E-state index in [4.69, 9.17) is 10.7 Å². The highest BCUT2D eigenvalue weighted by atomic mass is 16.2. The Labute approximate surface area is 228 Å². The molecule has 4 aromatic rings. The third kappa shape index (κ3) is 6.52. The second kappa shape index (κ2) is 12.4. The zero-order valence-electron chi connectivity index (χ0n) is 22.1. The summed E-state index contributed by atoms with van der Waals surface area (Å²) in [5.74, 6) is 0.968. The number of unbranched alkanes of at least 4 members (excludes halogenated alkanes) is 3. The summed E-state index contributed by atoms with van der Waals surface area (Å²) >= 11 is 0. The molecule has 0 aliphatic carbocycles. The van der Waals surface area contributed by atoms with Crippen molar-refractivity contribution in [1.29, 1.82) is 0 Å². The van der Waals surface area contributed by atoms with E-state index in [2.05, 4.69) is 10.3 Å². The normalized spacial score (nSPS) is 13.1. The lowest BCUT2D eigenvalue weighted by Crippen LogP contribution is -2.25. The monoisotopic (exact) mass is 522 g/mol. The molecule has 5 rings (SSSR count). The standard InChI is InChI=1S/C31H34N6O2/c32-28-18-17-23(21-33-28)26-14-7-8-15-27(26)30(39)35-31-34-24(22-37(31)25-12-5-3-6-13-25)11-4-1-2-9-19-36-20-10-16-29(36)38/h3,5-8,12-15,17-18,21-22H,1-2,4,9-11,16,19-20H2,(H2,32,33)(H,34,35,39). The van der Waals surface area contributed by atoms with E-state index in [9.17, 15) is 9.59 Å². The van der Waals surface area contributed by atoms with Crippen molar-refractivity contribution < 1.29 is 9.59 Å². The van der Waals surface area contributed by atoms with E-state index in [1.54, 1.807) is 18.3 Å². The lowest BCUT2D eigenvalue weighted by atomic mass is 10.0. The van der Waals surface area contributed by atoms with Crippen molar-refractivity contribution in [3.8, 4) is 16.8 Å². The Morgan fingerprint density at radius 1 is 0.949 bits per heavy atom. The number of benzene rings is 2. The molecular weight excluding hydrogens is 488 g/mol. The molecule has 2 aromatic carbocycles. The molecule has 0 unspecified atom stereocenters. The van der Waals surface area contributed by atoms with Gasteiger partial charge in [0.15, 0.2) is 0 Å². The van der Waals surface area contributed by atoms with E-state index >= 15 is 0 Å². The lowest BCUT2D eigenvalue weighted by molar-refractivity contribution is -0.127. The molecule has 2 amide bonds. The number of carbonyl (C=O) groups is 2. The van der Waals surface area contributed by atoms with Gasteiger partial charge in [0, 0.05) is 48.7 Å². The lowest BCUT2D eigenvalue weighted by Gasteiger charge is -2.14. The van der Waals surface area contributed by atoms with E-state index in [1.807, 2.05) is 70.3 Å². The first kappa shape index (κ1) is 26.2. The SMILES string of the molecule is Nc1ccc(-c2ccccc2C(=O)Nc2nc(CCCCCCN3CCCC3=O)cn2-c2ccccc2)cn1. The topological polar surface area (TPSA) is 106 Å². The van der Waals surface area contributed by atoms with Gasteiger partial charge in [-0.15, -0.1) is 0 Å². The van der Waals surface area contributed by atoms with Gasteiger partial charge in [-0.2, -0.15) is 0 Å². The van der Waals surface area contributed by atoms with E-state index in [0.717, 1.165) is 74.1 Å². The summed E-state index contributed by atoms with van der Waals surface area (Å²) in [5.41, 5.74) is 9.73. The molecule has 0 radical (unpaired) electrons. The number of nitrogens with zero attached hydrogens (tertiary/aromatic N) is 4. The van der Waals surface area contributed by atoms with E-state index in [-0.39, 0.29) is 5.91 Å². The zero-order chi connectivity index (χ0) is 27.0. The Morgan fingerprint density at radius 3 is 2.51 bits per heavy atom. The van der Waals surface area contributed by atoms with Crippen molar-refractivity contribution >= 4 is 23.6 Å². The van der Waals surface area contributed by atoms with Gasteiger partial charge in [0.2, 0.25) is 11.9 Å². The summed E-state index contributed by atoms with van der Waals surface area (Å²) in [5, 5.41) is 3.04. The van der Waals surface area contributed by atoms with Gasteiger partial charge in [0.1, 0.15) is 5.82 Å². The number of amides is 2. The third-order valence-electron chi connectivity index (χ3n) is 7.07. The molecule has 3 N–H and O–H groups in total. The van der Waals surface area contributed by atoms with Crippen LogP contribution in [0.5, 0.6) is 0 Å². The number of nitrogens with one attached hydrogen (secondary N) is 1. The molecule has 8 nitrogen and oxygen atoms in total. The van der Waals surface area contributed by atoms with Crippen molar-refractivity contribution in [3.05, 3.63) is 90.4 Å². The van der Waals surface area contributed by atoms with Crippen molar-refractivity contribution in [3.63, 3.8) is 0 Å². The first-order valence-corrected chi connectivity index (χ1v) is 13.6. The number of aromatic nitrogens is 3. The van der Waals surface area contributed by atoms with Crippen molar-refractivity contribution in [2.24, 2.45) is 0 Å². The first-order valence-electron chi connectivity index (χ1n) is 13.6. The van der Waals surface area contributed by atoms with Crippen LogP contribution < -0.4 is 11.1 Å². The van der Waals surface area contributed by atoms with Crippen LogP contribution in [-0.4, -0.2) is 44.3 Å². The average Bonchev–Trinajstić information content (AvgIpc) is 3.56. The molecule has 39 heavy (non-hydrogen) atoms. The number of nitrogen functional groups attached to an aromatic ring is 1. The number of hydrogen-bond acceptors (Lipinski definition) is 5. The molecule has 1 fully saturated rings. The van der Waals surface area contributed by atoms with Gasteiger partial charge in [-0.25, -0.2) is 9.97 Å². The van der Waals surface area contributed by atoms with E-state index in [0.29, 0.717) is 29.7 Å². The molecule has 0 atom stereocenters. The Kier molecular flexibility index (Phi) is 8.31. The molecule has 200 valence electrons. The van der Waals surface area contributed by atoms with Gasteiger partial charge >= 0.3 is 0 Å². The van der Waals surface area contributed by atoms with Crippen LogP contribution in [-0.2, 0) is 11.2 Å². The minimum atomic E-state index is -0.242. The highest BCUT2D eigenvalue weighted by Crippen LogP contribution is 2.25. The summed E-state index contributed by atoms with van der Waals surface area (Å²) < 4.78 is 1.93. The smallest absolute Gasteiger partial charge is 0.258 e. The van der Waals surface area contributed by atoms with Gasteiger partial charge < -0.3 is 10.6 Å². The van der Waals surface area contributed by atoms with Gasteiger partial charge in [-0.05, 0) is 61.6 Å². The number of imidazole rings is 1. The van der Waals surface area contributed by atoms with Crippen molar-refractivity contribution in [2.75, 3.05) is 24.1 Å². The van der Waals surface area contributed by atoms with E-state index < -0.39 is 0 Å². The first-order chi connectivity index (χ1) is 19.1. The number of aryl methyl sites for hydroxylation is 1. The van der Waals surface area contributed by atoms with Crippen LogP contribution in [0, 0.1) is 0 Å². The number of carbonyl (C=O) groups excluding carboxylic acids is 2. The number of pyridine rings is 1. The Morgan fingerprint density at radius 2 is 1.74 bits per heavy atom. The van der Waals surface area contributed by atoms with E-state index in [1.165, 1.54) is 0 Å². The van der Waals surface area contributed by atoms with Gasteiger partial charge in [-0.1, -0.05) is 49.2 Å². The van der Waals surface area contributed by atoms with Crippen LogP contribution in [0.3, 0.4) is 0 Å². The van der Waals surface area contributed by atoms with Gasteiger partial charge in [-0.3, -0.25) is 19.5 Å². The predicted molar refractivity (Wildman–Crippen MR) is 154 cm³/mol. The van der Waals surface area contributed by atoms with Gasteiger partial charge in [0.05, 0.1) is 5.69 Å². The van der Waals surface area contributed by atoms with Crippen molar-refractivity contribution in [1.82, 2.24) is 19.4 Å². The molecule has 1 aliphatic rings. The molecule has 0 spiro atoms. The second-order valence-electron chi connectivity index (χ2n) is 9.88. The van der Waals surface area contributed by atoms with Crippen LogP contribution in [0.2, 0.25) is 0 Å². The maximum absolute atomic E-state index is 13.5. The highest BCUT2D eigenvalue weighted by molar-refractivity contribution is 6.08. The maximum atomic E-state index is 13.5. The quantitative estimate of drug-likeness (QED) is 0.253. The largest absolute Gasteiger partial charge is 0.384 e. The molecule has 1 saturated heterocycles. The summed E-state index contributed by atoms with van der Waals surface area (Å²) in [6, 6.07) is 20.9. The summed E-state index contributed by atoms with van der Waals surface area (Å²) in [6.45, 7) is 1.77. The maximum Gasteiger partial charge on any atom is 0.258 e. The van der Waals surface area contributed by atoms with Crippen LogP contribution in [0.4, 0.5) is 11.8 Å². The van der Waals surface area contributed by atoms with Crippen LogP contribution in [0.15, 0.2) is 79.1 Å². The summed E-state index contributed by atoms with van der Waals surface area (Å²) in [7, 11) is 0. The third-order valence-corrected chi connectivity index (χ3v) is 7.07. The molecule has 8 heteroatoms. The number of para-hydroxylation sites is 1. The van der Waals surface area contributed by atoms with Crippen LogP contribution >= 0.6 is 0 Å². The zero-order valence-corrected chi connectivity index (χ0v) is 22.1. The fourth-order valence-corrected chi connectivity index (χ4v) is 4.99. The fourth-order valence-electron chi connectivity index (χ4n) is 4.99. The summed E-state index contributed by atoms with van der Waals surface area (Å²) in [6.07, 6.45) is 10.4. The van der Waals surface area contributed by atoms with Crippen LogP contribution in [0.25, 0.3) is 16.8 Å². The second-order valence-corrected chi connectivity index (χ2v) is 9.88. The Bertz CT molecular complexity index is 1410. The number of likely N-dealkylation sites (tertiary alicyclic amines) is 1. The van der Waals surface area contributed by atoms with Crippen molar-refractivity contribution in [2.45, 2.75) is 44.9 Å². The Hall–Kier alpha value is -4.46. The molecule has 0 saturated carbocycles. The number of anilines is 2. The predicted octanol–water partition coefficient (Wildman–Crippen LogP) is 5.49. The minimum absolute atomic E-state index is 0.242. The average molecular weight is 523 g/mol. The number of hydrogen-bond donors (Lipinski definition) is 2. The Balaban J connectivity index is 1.27. The summed E-state index contributed by atoms with van der Waals surface area (Å²) in [4.78, 5) is 36.2. The van der Waals surface area contributed by atoms with Gasteiger partial charge in [0.25, 0.3) is 5.91 Å². The molecule has 2 aromatic heterocycles. The molecular formula is C31H34N6O2. The molecule has 0 bridgehead atoms. The fraction of sp³-hybridized carbons (Fsp3) is 0.290. The van der Waals surface area contributed by atoms with Crippen LogP contribution in [0.1, 0.15) is 54.6 Å². The highest BCUT2D eigenvalue weighted by Gasteiger charge is 2.19. The molecule has 3 heterocycles. The number of nitrogens with two attached hydrogens (primary N) is 1.